The Morgan fingerprint density at radius 3 is 1.42 bits per heavy atom. The minimum atomic E-state index is -0.250. The molecule has 272 valence electrons. The molecule has 4 aromatic carbocycles. The molecule has 0 fully saturated rings. The summed E-state index contributed by atoms with van der Waals surface area (Å²) in [5.74, 6) is -0.500. The zero-order chi connectivity index (χ0) is 38.2. The zero-order valence-corrected chi connectivity index (χ0v) is 30.0. The second-order valence-electron chi connectivity index (χ2n) is 12.4. The van der Waals surface area contributed by atoms with E-state index in [-0.39, 0.29) is 11.6 Å². The molecule has 2 aromatic heterocycles. The van der Waals surface area contributed by atoms with Gasteiger partial charge in [-0.3, -0.25) is 29.7 Å². The molecule has 2 aliphatic heterocycles. The molecule has 0 radical (unpaired) electrons. The summed E-state index contributed by atoms with van der Waals surface area (Å²) in [5.41, 5.74) is 17.6. The molecule has 0 atom stereocenters. The number of aromatic nitrogens is 2. The number of aldehydes is 1. The van der Waals surface area contributed by atoms with Crippen molar-refractivity contribution in [3.8, 4) is 0 Å². The van der Waals surface area contributed by atoms with Crippen LogP contribution in [0.2, 0.25) is 0 Å². The number of pyridine rings is 2. The van der Waals surface area contributed by atoms with Crippen LogP contribution in [0, 0.1) is 11.6 Å². The molecule has 0 spiro atoms. The van der Waals surface area contributed by atoms with E-state index in [1.807, 2.05) is 79.0 Å². The van der Waals surface area contributed by atoms with E-state index in [9.17, 15) is 13.6 Å². The highest BCUT2D eigenvalue weighted by molar-refractivity contribution is 6.34. The van der Waals surface area contributed by atoms with Crippen LogP contribution in [0.3, 0.4) is 0 Å². The van der Waals surface area contributed by atoms with Gasteiger partial charge < -0.3 is 5.73 Å². The Kier molecular flexibility index (Phi) is 13.3. The number of hydrogen-bond donors (Lipinski definition) is 1. The van der Waals surface area contributed by atoms with Crippen molar-refractivity contribution in [2.75, 3.05) is 26.2 Å². The van der Waals surface area contributed by atoms with E-state index in [4.69, 9.17) is 10.7 Å². The van der Waals surface area contributed by atoms with E-state index in [2.05, 4.69) is 20.0 Å². The zero-order valence-electron chi connectivity index (χ0n) is 30.0. The highest BCUT2D eigenvalue weighted by atomic mass is 19.1. The van der Waals surface area contributed by atoms with Crippen molar-refractivity contribution in [1.82, 2.24) is 9.97 Å². The van der Waals surface area contributed by atoms with Gasteiger partial charge >= 0.3 is 0 Å². The van der Waals surface area contributed by atoms with Gasteiger partial charge in [0.25, 0.3) is 0 Å². The molecule has 6 aromatic rings. The Labute approximate surface area is 319 Å². The lowest BCUT2D eigenvalue weighted by atomic mass is 9.94. The second kappa shape index (κ2) is 19.3. The fourth-order valence-electron chi connectivity index (χ4n) is 6.03. The Morgan fingerprint density at radius 1 is 0.545 bits per heavy atom. The van der Waals surface area contributed by atoms with Crippen molar-refractivity contribution < 1.29 is 13.6 Å². The van der Waals surface area contributed by atoms with Crippen LogP contribution in [-0.2, 0) is 0 Å². The van der Waals surface area contributed by atoms with Gasteiger partial charge in [0.15, 0.2) is 0 Å². The van der Waals surface area contributed by atoms with E-state index < -0.39 is 0 Å². The van der Waals surface area contributed by atoms with Gasteiger partial charge in [0.1, 0.15) is 17.9 Å². The molecule has 7 nitrogen and oxygen atoms in total. The number of carbonyl (C=O) groups excluding carboxylic acids is 1. The SMILES string of the molecule is Fc1ccc(C2=NCC(CN=Cc3ccccc3)=C2c2ccncc2)cc1.NCC1=C(c2ccncc2)C(c2ccc(F)cc2)=NC1.O=Cc1ccccc1. The van der Waals surface area contributed by atoms with Crippen molar-refractivity contribution in [3.05, 3.63) is 214 Å². The molecule has 8 rings (SSSR count). The molecule has 2 N–H and O–H groups in total. The van der Waals surface area contributed by atoms with Crippen molar-refractivity contribution in [3.63, 3.8) is 0 Å². The molecule has 0 unspecified atom stereocenters. The predicted octanol–water partition coefficient (Wildman–Crippen LogP) is 8.53. The molecule has 0 bridgehead atoms. The Bertz CT molecular complexity index is 2320. The van der Waals surface area contributed by atoms with Gasteiger partial charge in [-0.1, -0.05) is 60.7 Å². The molecular weight excluding hydrogens is 691 g/mol. The first-order valence-corrected chi connectivity index (χ1v) is 17.7. The summed E-state index contributed by atoms with van der Waals surface area (Å²) in [4.78, 5) is 32.1. The minimum absolute atomic E-state index is 0.249. The molecule has 0 amide bonds. The Balaban J connectivity index is 0.000000160. The van der Waals surface area contributed by atoms with Gasteiger partial charge in [-0.15, -0.1) is 0 Å². The third-order valence-electron chi connectivity index (χ3n) is 8.71. The van der Waals surface area contributed by atoms with E-state index in [0.717, 1.165) is 73.4 Å². The van der Waals surface area contributed by atoms with Crippen LogP contribution in [0.25, 0.3) is 11.1 Å². The van der Waals surface area contributed by atoms with Crippen LogP contribution in [0.4, 0.5) is 8.78 Å². The maximum Gasteiger partial charge on any atom is 0.150 e. The number of nitrogens with two attached hydrogens (primary N) is 1. The maximum absolute atomic E-state index is 13.3. The first kappa shape index (κ1) is 37.9. The highest BCUT2D eigenvalue weighted by Crippen LogP contribution is 2.30. The van der Waals surface area contributed by atoms with Crippen molar-refractivity contribution in [2.24, 2.45) is 20.7 Å². The minimum Gasteiger partial charge on any atom is -0.327 e. The maximum atomic E-state index is 13.3. The summed E-state index contributed by atoms with van der Waals surface area (Å²) in [6.07, 6.45) is 9.75. The van der Waals surface area contributed by atoms with Crippen molar-refractivity contribution >= 4 is 35.1 Å². The molecule has 55 heavy (non-hydrogen) atoms. The van der Waals surface area contributed by atoms with E-state index >= 15 is 0 Å². The normalized spacial score (nSPS) is 13.4. The van der Waals surface area contributed by atoms with Crippen molar-refractivity contribution in [1.29, 1.82) is 0 Å². The first-order chi connectivity index (χ1) is 27.0. The number of aliphatic imine (C=N–C) groups is 3. The molecule has 0 saturated heterocycles. The summed E-state index contributed by atoms with van der Waals surface area (Å²) >= 11 is 0. The second-order valence-corrected chi connectivity index (χ2v) is 12.4. The van der Waals surface area contributed by atoms with Crippen molar-refractivity contribution in [2.45, 2.75) is 0 Å². The largest absolute Gasteiger partial charge is 0.327 e. The molecule has 0 saturated carbocycles. The summed E-state index contributed by atoms with van der Waals surface area (Å²) in [6.45, 7) is 2.23. The number of carbonyl (C=O) groups is 1. The van der Waals surface area contributed by atoms with Gasteiger partial charge in [0.2, 0.25) is 0 Å². The predicted molar refractivity (Wildman–Crippen MR) is 218 cm³/mol. The Hall–Kier alpha value is -6.84. The van der Waals surface area contributed by atoms with Crippen LogP contribution in [-0.4, -0.2) is 60.1 Å². The van der Waals surface area contributed by atoms with E-state index in [1.165, 1.54) is 24.3 Å². The number of hydrogen-bond acceptors (Lipinski definition) is 7. The molecule has 0 aliphatic carbocycles. The number of benzene rings is 4. The van der Waals surface area contributed by atoms with Crippen LogP contribution < -0.4 is 5.73 Å². The fourth-order valence-corrected chi connectivity index (χ4v) is 6.03. The van der Waals surface area contributed by atoms with Gasteiger partial charge in [-0.2, -0.15) is 0 Å². The standard InChI is InChI=1S/C23H18FN3.C16H14FN3.C7H6O/c24-21-8-6-19(7-9-21)23-22(18-10-12-25-13-11-18)20(16-27-23)15-26-14-17-4-2-1-3-5-17;17-14-3-1-12(2-4-14)16-15(13(9-18)10-20-16)11-5-7-19-8-6-11;8-6-7-4-2-1-3-5-7/h1-14H,15-16H2;1-8H,9-10,18H2;1-6H. The third kappa shape index (κ3) is 10.2. The van der Waals surface area contributed by atoms with Crippen LogP contribution >= 0.6 is 0 Å². The smallest absolute Gasteiger partial charge is 0.150 e. The highest BCUT2D eigenvalue weighted by Gasteiger charge is 2.23. The van der Waals surface area contributed by atoms with Gasteiger partial charge in [0, 0.05) is 65.4 Å². The number of rotatable bonds is 9. The lowest BCUT2D eigenvalue weighted by Crippen LogP contribution is -2.08. The average molecular weight is 729 g/mol. The average Bonchev–Trinajstić information content (AvgIpc) is 3.88. The fraction of sp³-hybridized carbons (Fsp3) is 0.0870. The van der Waals surface area contributed by atoms with Gasteiger partial charge in [0.05, 0.1) is 31.1 Å². The summed E-state index contributed by atoms with van der Waals surface area (Å²) in [5, 5.41) is 0. The molecule has 9 heteroatoms. The molecule has 4 heterocycles. The van der Waals surface area contributed by atoms with Crippen LogP contribution in [0.15, 0.2) is 184 Å². The lowest BCUT2D eigenvalue weighted by molar-refractivity contribution is 0.112. The summed E-state index contributed by atoms with van der Waals surface area (Å²) in [6, 6.07) is 39.8. The van der Waals surface area contributed by atoms with Gasteiger partial charge in [-0.05, 0) is 101 Å². The van der Waals surface area contributed by atoms with Gasteiger partial charge in [-0.25, -0.2) is 8.78 Å². The quantitative estimate of drug-likeness (QED) is 0.119. The number of nitrogens with zero attached hydrogens (tertiary/aromatic N) is 5. The number of allylic oxidation sites excluding steroid dienone is 2. The summed E-state index contributed by atoms with van der Waals surface area (Å²) in [7, 11) is 0. The number of halogens is 2. The first-order valence-electron chi connectivity index (χ1n) is 17.7. The Morgan fingerprint density at radius 2 is 0.982 bits per heavy atom. The van der Waals surface area contributed by atoms with Crippen LogP contribution in [0.1, 0.15) is 38.2 Å². The monoisotopic (exact) mass is 728 g/mol. The third-order valence-corrected chi connectivity index (χ3v) is 8.71. The topological polar surface area (TPSA) is 106 Å². The van der Waals surface area contributed by atoms with E-state index in [0.29, 0.717) is 26.2 Å². The summed E-state index contributed by atoms with van der Waals surface area (Å²) < 4.78 is 26.4. The lowest BCUT2D eigenvalue weighted by Gasteiger charge is -2.10. The molecular formula is C46H38F2N6O. The molecule has 2 aliphatic rings. The van der Waals surface area contributed by atoms with Crippen LogP contribution in [0.5, 0.6) is 0 Å². The van der Waals surface area contributed by atoms with E-state index in [1.54, 1.807) is 61.2 Å².